The molecular formula is C40H37FeNP2. The van der Waals surface area contributed by atoms with Crippen molar-refractivity contribution in [3.05, 3.63) is 147 Å². The van der Waals surface area contributed by atoms with Crippen LogP contribution in [0.3, 0.4) is 0 Å². The molecule has 4 heteroatoms. The van der Waals surface area contributed by atoms with Crippen molar-refractivity contribution in [1.82, 2.24) is 4.67 Å². The van der Waals surface area contributed by atoms with Gasteiger partial charge in [-0.15, -0.1) is 0 Å². The first kappa shape index (κ1) is 23.1. The SMILES string of the molecule is C=CCN(C(C=C)[C]12[CH]3[CH]4[CH]5[C]1(P(c1ccccc1)c1ccccc1)[Fe]43521678[CH]2[CH]1[CH]6[CH]7[CH]28)P(c1ccccc1)c1ccccc1. The van der Waals surface area contributed by atoms with Crippen LogP contribution in [0.15, 0.2) is 147 Å². The average Bonchev–Trinajstić information content (AvgIpc) is 4.03. The van der Waals surface area contributed by atoms with Crippen LogP contribution in [-0.2, 0) is 6.51 Å². The second-order valence-corrected chi connectivity index (χ2v) is 45.6. The molecule has 10 saturated heterocycles. The normalized spacial score (nSPS) is 55.6. The van der Waals surface area contributed by atoms with Gasteiger partial charge in [-0.25, -0.2) is 0 Å². The molecule has 0 aromatic heterocycles. The van der Waals surface area contributed by atoms with Crippen molar-refractivity contribution in [3.63, 3.8) is 0 Å². The first-order valence-electron chi connectivity index (χ1n) is 16.5. The van der Waals surface area contributed by atoms with Crippen LogP contribution < -0.4 is 21.2 Å². The van der Waals surface area contributed by atoms with Crippen molar-refractivity contribution in [2.45, 2.75) is 52.9 Å². The fourth-order valence-corrected chi connectivity index (χ4v) is 116. The van der Waals surface area contributed by atoms with Gasteiger partial charge in [-0.1, -0.05) is 0 Å². The van der Waals surface area contributed by atoms with E-state index in [4.69, 9.17) is 6.58 Å². The molecule has 6 unspecified atom stereocenters. The summed E-state index contributed by atoms with van der Waals surface area (Å²) in [6.45, 7) is 6.15. The van der Waals surface area contributed by atoms with Gasteiger partial charge in [0.15, 0.2) is 0 Å². The van der Waals surface area contributed by atoms with Crippen LogP contribution in [0.25, 0.3) is 0 Å². The van der Waals surface area contributed by atoms with Crippen LogP contribution in [0.2, 0.25) is 42.8 Å². The van der Waals surface area contributed by atoms with E-state index in [1.807, 2.05) is 0 Å². The molecule has 10 fully saturated rings. The van der Waals surface area contributed by atoms with Gasteiger partial charge in [0.25, 0.3) is 0 Å². The minimum atomic E-state index is -4.01. The van der Waals surface area contributed by atoms with Crippen LogP contribution in [0.1, 0.15) is 0 Å². The Balaban J connectivity index is 1.06. The molecule has 0 N–H and O–H groups in total. The van der Waals surface area contributed by atoms with Crippen molar-refractivity contribution in [3.8, 4) is 0 Å². The zero-order valence-electron chi connectivity index (χ0n) is 24.7. The van der Waals surface area contributed by atoms with Gasteiger partial charge < -0.3 is 0 Å². The van der Waals surface area contributed by atoms with Crippen LogP contribution >= 0.6 is 16.0 Å². The summed E-state index contributed by atoms with van der Waals surface area (Å²) in [4.78, 5) is 9.57. The molecule has 4 aromatic carbocycles. The van der Waals surface area contributed by atoms with Crippen LogP contribution in [-0.4, -0.2) is 21.3 Å². The van der Waals surface area contributed by atoms with Gasteiger partial charge in [0.2, 0.25) is 0 Å². The van der Waals surface area contributed by atoms with Gasteiger partial charge in [-0.05, 0) is 0 Å². The van der Waals surface area contributed by atoms with Gasteiger partial charge in [0.1, 0.15) is 0 Å². The predicted octanol–water partition coefficient (Wildman–Crippen LogP) is 8.88. The molecule has 44 heavy (non-hydrogen) atoms. The Morgan fingerprint density at radius 3 is 1.41 bits per heavy atom. The summed E-state index contributed by atoms with van der Waals surface area (Å²) in [5, 5.41) is 6.29. The summed E-state index contributed by atoms with van der Waals surface area (Å²) >= 11 is 0. The summed E-state index contributed by atoms with van der Waals surface area (Å²) < 4.78 is 4.17. The van der Waals surface area contributed by atoms with E-state index in [1.54, 1.807) is 10.6 Å². The zero-order valence-corrected chi connectivity index (χ0v) is 27.6. The third-order valence-corrected chi connectivity index (χ3v) is 73.3. The summed E-state index contributed by atoms with van der Waals surface area (Å²) in [6.07, 6.45) is 4.74. The Labute approximate surface area is 253 Å². The molecule has 1 nitrogen and oxygen atoms in total. The van der Waals surface area contributed by atoms with E-state index >= 15 is 0 Å². The Hall–Kier alpha value is -2.30. The van der Waals surface area contributed by atoms with E-state index in [9.17, 15) is 0 Å². The number of benzene rings is 4. The molecule has 10 heterocycles. The van der Waals surface area contributed by atoms with E-state index in [1.165, 1.54) is 39.5 Å². The Bertz CT molecular complexity index is 2270. The molecule has 0 radical (unpaired) electrons. The van der Waals surface area contributed by atoms with Crippen molar-refractivity contribution in [1.29, 1.82) is 0 Å². The third kappa shape index (κ3) is 0.671. The van der Waals surface area contributed by atoms with E-state index in [2.05, 4.69) is 145 Å². The summed E-state index contributed by atoms with van der Waals surface area (Å²) in [5.74, 6) is 0. The summed E-state index contributed by atoms with van der Waals surface area (Å²) in [6, 6.07) is 47.3. The second kappa shape index (κ2) is 4.06. The first-order chi connectivity index (χ1) is 21.5. The summed E-state index contributed by atoms with van der Waals surface area (Å²) in [5.41, 5.74) is 0. The molecule has 0 aliphatic carbocycles. The Morgan fingerprint density at radius 2 is 1.05 bits per heavy atom. The monoisotopic (exact) mass is 649 g/mol. The quantitative estimate of drug-likeness (QED) is 0.0892. The Kier molecular flexibility index (Phi) is 2.13. The molecular weight excluding hydrogens is 612 g/mol. The van der Waals surface area contributed by atoms with Gasteiger partial charge in [0.05, 0.1) is 0 Å². The second-order valence-electron chi connectivity index (χ2n) is 17.3. The van der Waals surface area contributed by atoms with Gasteiger partial charge in [-0.3, -0.25) is 0 Å². The zero-order chi connectivity index (χ0) is 28.8. The number of hydrogen-bond donors (Lipinski definition) is 0. The van der Waals surface area contributed by atoms with Crippen LogP contribution in [0.4, 0.5) is 0 Å². The standard InChI is InChI=1S/C35H32NP2.C5H5.Fe/c1-3-28-36(38(31-22-13-7-14-23-31)32-24-15-8-16-25-32)34(4-2)33-26-17-27-35(33)37(29-18-9-5-10-19-29)30-20-11-6-12-21-30;1-2-4-5-3-1;/h3-27,34H,1-2,28H2;1-5H;. The van der Waals surface area contributed by atoms with Crippen molar-refractivity contribution in [2.24, 2.45) is 0 Å². The van der Waals surface area contributed by atoms with Crippen LogP contribution in [0, 0.1) is 0 Å². The third-order valence-electron chi connectivity index (χ3n) is 20.8. The molecule has 1 spiro atoms. The number of fused-ring (bicyclic) bond motifs is 10. The minimum absolute atomic E-state index is 0.410. The molecule has 0 amide bonds. The molecule has 0 saturated carbocycles. The van der Waals surface area contributed by atoms with E-state index < -0.39 is 22.5 Å². The molecule has 10 aliphatic rings. The number of hydrogen-bond acceptors (Lipinski definition) is 1. The van der Waals surface area contributed by atoms with E-state index in [0.29, 0.717) is 14.4 Å². The first-order valence-corrected chi connectivity index (χ1v) is 25.4. The molecule has 10 aliphatic heterocycles. The van der Waals surface area contributed by atoms with Crippen LogP contribution in [0.5, 0.6) is 0 Å². The van der Waals surface area contributed by atoms with Crippen molar-refractivity contribution < 1.29 is 6.51 Å². The van der Waals surface area contributed by atoms with E-state index in [-0.39, 0.29) is 0 Å². The molecule has 4 aromatic rings. The summed E-state index contributed by atoms with van der Waals surface area (Å²) in [7, 11) is -1.12. The van der Waals surface area contributed by atoms with Gasteiger partial charge >= 0.3 is 255 Å². The molecule has 220 valence electrons. The molecule has 14 rings (SSSR count). The molecule has 0 bridgehead atoms. The van der Waals surface area contributed by atoms with Gasteiger partial charge in [-0.2, -0.15) is 0 Å². The maximum absolute atomic E-state index is 4.82. The maximum atomic E-state index is 4.82. The average molecular weight is 650 g/mol. The predicted molar refractivity (Wildman–Crippen MR) is 184 cm³/mol. The number of nitrogens with zero attached hydrogens (tertiary/aromatic N) is 1. The fourth-order valence-electron chi connectivity index (χ4n) is 22.3. The van der Waals surface area contributed by atoms with Crippen molar-refractivity contribution in [2.75, 3.05) is 6.54 Å². The molecule has 6 atom stereocenters. The van der Waals surface area contributed by atoms with Gasteiger partial charge in [0, 0.05) is 0 Å². The fraction of sp³-hybridized carbons (Fsp3) is 0.300. The topological polar surface area (TPSA) is 3.24 Å². The van der Waals surface area contributed by atoms with Crippen molar-refractivity contribution >= 4 is 37.2 Å². The van der Waals surface area contributed by atoms with E-state index in [0.717, 1.165) is 16.2 Å². The Morgan fingerprint density at radius 1 is 0.614 bits per heavy atom. The number of rotatable bonds is 11.